The van der Waals surface area contributed by atoms with Crippen molar-refractivity contribution in [1.82, 2.24) is 4.90 Å². The van der Waals surface area contributed by atoms with Gasteiger partial charge in [-0.1, -0.05) is 19.8 Å². The summed E-state index contributed by atoms with van der Waals surface area (Å²) in [5.74, 6) is 0.794. The van der Waals surface area contributed by atoms with E-state index in [0.29, 0.717) is 0 Å². The van der Waals surface area contributed by atoms with Gasteiger partial charge in [0.2, 0.25) is 0 Å². The summed E-state index contributed by atoms with van der Waals surface area (Å²) in [6.45, 7) is 6.43. The van der Waals surface area contributed by atoms with Crippen LogP contribution < -0.4 is 5.73 Å². The van der Waals surface area contributed by atoms with Crippen LogP contribution in [0.15, 0.2) is 0 Å². The maximum atomic E-state index is 6.07. The van der Waals surface area contributed by atoms with Gasteiger partial charge in [0.1, 0.15) is 0 Å². The Hall–Kier alpha value is -0.160. The molecular formula is C15H32N2O2. The van der Waals surface area contributed by atoms with Crippen LogP contribution in [0.3, 0.4) is 0 Å². The third-order valence-corrected chi connectivity index (χ3v) is 4.47. The van der Waals surface area contributed by atoms with E-state index in [1.54, 1.807) is 7.11 Å². The van der Waals surface area contributed by atoms with Crippen LogP contribution in [-0.2, 0) is 9.47 Å². The van der Waals surface area contributed by atoms with E-state index in [0.717, 1.165) is 45.2 Å². The summed E-state index contributed by atoms with van der Waals surface area (Å²) in [6.07, 6.45) is 6.08. The molecule has 0 aromatic carbocycles. The topological polar surface area (TPSA) is 47.7 Å². The second kappa shape index (κ2) is 8.90. The molecule has 2 N–H and O–H groups in total. The predicted molar refractivity (Wildman–Crippen MR) is 79.4 cm³/mol. The van der Waals surface area contributed by atoms with Gasteiger partial charge in [-0.15, -0.1) is 0 Å². The number of nitrogens with zero attached hydrogens (tertiary/aromatic N) is 1. The molecule has 0 aromatic heterocycles. The van der Waals surface area contributed by atoms with Crippen molar-refractivity contribution in [2.75, 3.05) is 47.1 Å². The molecule has 1 aliphatic carbocycles. The molecule has 0 aromatic rings. The number of methoxy groups -OCH3 is 1. The van der Waals surface area contributed by atoms with Crippen molar-refractivity contribution in [3.63, 3.8) is 0 Å². The average molecular weight is 272 g/mol. The molecule has 2 atom stereocenters. The van der Waals surface area contributed by atoms with Crippen molar-refractivity contribution in [3.05, 3.63) is 0 Å². The number of hydrogen-bond acceptors (Lipinski definition) is 4. The Kier molecular flexibility index (Phi) is 7.91. The third kappa shape index (κ3) is 5.38. The minimum atomic E-state index is 0.202. The van der Waals surface area contributed by atoms with Crippen molar-refractivity contribution in [2.45, 2.75) is 44.6 Å². The van der Waals surface area contributed by atoms with Crippen LogP contribution in [0.4, 0.5) is 0 Å². The Balaban J connectivity index is 2.27. The fourth-order valence-electron chi connectivity index (χ4n) is 3.17. The normalized spacial score (nSPS) is 27.9. The van der Waals surface area contributed by atoms with Crippen molar-refractivity contribution in [3.8, 4) is 0 Å². The van der Waals surface area contributed by atoms with Crippen molar-refractivity contribution in [1.29, 1.82) is 0 Å². The molecule has 0 saturated heterocycles. The highest BCUT2D eigenvalue weighted by atomic mass is 16.5. The second-order valence-electron chi connectivity index (χ2n) is 6.01. The zero-order valence-electron chi connectivity index (χ0n) is 13.0. The highest BCUT2D eigenvalue weighted by molar-refractivity contribution is 4.94. The quantitative estimate of drug-likeness (QED) is 0.651. The molecule has 1 fully saturated rings. The van der Waals surface area contributed by atoms with E-state index in [2.05, 4.69) is 18.9 Å². The van der Waals surface area contributed by atoms with E-state index >= 15 is 0 Å². The fourth-order valence-corrected chi connectivity index (χ4v) is 3.17. The molecule has 0 aliphatic heterocycles. The number of nitrogens with two attached hydrogens (primary N) is 1. The van der Waals surface area contributed by atoms with Crippen molar-refractivity contribution >= 4 is 0 Å². The van der Waals surface area contributed by atoms with E-state index in [1.807, 2.05) is 0 Å². The largest absolute Gasteiger partial charge is 0.385 e. The van der Waals surface area contributed by atoms with Gasteiger partial charge in [0.05, 0.1) is 6.61 Å². The lowest BCUT2D eigenvalue weighted by Gasteiger charge is -2.46. The summed E-state index contributed by atoms with van der Waals surface area (Å²) < 4.78 is 10.7. The van der Waals surface area contributed by atoms with Crippen molar-refractivity contribution < 1.29 is 9.47 Å². The first-order valence-electron chi connectivity index (χ1n) is 7.62. The molecule has 1 saturated carbocycles. The third-order valence-electron chi connectivity index (χ3n) is 4.47. The Morgan fingerprint density at radius 3 is 2.74 bits per heavy atom. The lowest BCUT2D eigenvalue weighted by Crippen LogP contribution is -2.55. The fraction of sp³-hybridized carbons (Fsp3) is 1.00. The molecule has 0 amide bonds. The van der Waals surface area contributed by atoms with E-state index < -0.39 is 0 Å². The van der Waals surface area contributed by atoms with Gasteiger partial charge in [-0.3, -0.25) is 4.90 Å². The summed E-state index contributed by atoms with van der Waals surface area (Å²) >= 11 is 0. The van der Waals surface area contributed by atoms with E-state index in [-0.39, 0.29) is 5.54 Å². The molecule has 19 heavy (non-hydrogen) atoms. The molecule has 0 spiro atoms. The first-order chi connectivity index (χ1) is 9.14. The molecule has 1 rings (SSSR count). The van der Waals surface area contributed by atoms with Gasteiger partial charge in [0.25, 0.3) is 0 Å². The molecule has 4 nitrogen and oxygen atoms in total. The Bertz CT molecular complexity index is 238. The Labute approximate surface area is 118 Å². The van der Waals surface area contributed by atoms with Gasteiger partial charge in [-0.2, -0.15) is 0 Å². The van der Waals surface area contributed by atoms with E-state index in [9.17, 15) is 0 Å². The van der Waals surface area contributed by atoms with Gasteiger partial charge < -0.3 is 15.2 Å². The minimum Gasteiger partial charge on any atom is -0.385 e. The van der Waals surface area contributed by atoms with Gasteiger partial charge in [0, 0.05) is 39.0 Å². The molecule has 1 aliphatic rings. The molecular weight excluding hydrogens is 240 g/mol. The Morgan fingerprint density at radius 1 is 1.32 bits per heavy atom. The molecule has 0 heterocycles. The smallest absolute Gasteiger partial charge is 0.0593 e. The SMILES string of the molecule is COCCCOCCN(C)C1(CN)CCCC(C)C1. The first kappa shape index (κ1) is 16.9. The van der Waals surface area contributed by atoms with Crippen LogP contribution >= 0.6 is 0 Å². The number of hydrogen-bond donors (Lipinski definition) is 1. The van der Waals surface area contributed by atoms with Crippen LogP contribution in [0.1, 0.15) is 39.0 Å². The zero-order valence-corrected chi connectivity index (χ0v) is 13.0. The summed E-state index contributed by atoms with van der Waals surface area (Å²) in [5.41, 5.74) is 6.27. The average Bonchev–Trinajstić information content (AvgIpc) is 2.42. The number of rotatable bonds is 9. The number of likely N-dealkylation sites (N-methyl/N-ethyl adjacent to an activating group) is 1. The van der Waals surface area contributed by atoms with Crippen LogP contribution in [0.25, 0.3) is 0 Å². The summed E-state index contributed by atoms with van der Waals surface area (Å²) in [4.78, 5) is 2.43. The number of ether oxygens (including phenoxy) is 2. The van der Waals surface area contributed by atoms with Gasteiger partial charge in [-0.25, -0.2) is 0 Å². The summed E-state index contributed by atoms with van der Waals surface area (Å²) in [5, 5.41) is 0. The van der Waals surface area contributed by atoms with Gasteiger partial charge in [-0.05, 0) is 32.2 Å². The van der Waals surface area contributed by atoms with Gasteiger partial charge >= 0.3 is 0 Å². The first-order valence-corrected chi connectivity index (χ1v) is 7.62. The highest BCUT2D eigenvalue weighted by Crippen LogP contribution is 2.35. The standard InChI is InChI=1S/C15H32N2O2/c1-14-6-4-7-15(12-14,13-16)17(2)8-11-19-10-5-9-18-3/h14H,4-13,16H2,1-3H3. The van der Waals surface area contributed by atoms with Crippen LogP contribution in [-0.4, -0.2) is 57.5 Å². The van der Waals surface area contributed by atoms with Crippen molar-refractivity contribution in [2.24, 2.45) is 11.7 Å². The zero-order chi connectivity index (χ0) is 14.1. The molecule has 0 bridgehead atoms. The molecule has 2 unspecified atom stereocenters. The summed E-state index contributed by atoms with van der Waals surface area (Å²) in [6, 6.07) is 0. The van der Waals surface area contributed by atoms with Crippen LogP contribution in [0, 0.1) is 5.92 Å². The lowest BCUT2D eigenvalue weighted by atomic mass is 9.75. The second-order valence-corrected chi connectivity index (χ2v) is 6.01. The monoisotopic (exact) mass is 272 g/mol. The summed E-state index contributed by atoms with van der Waals surface area (Å²) in [7, 11) is 3.92. The minimum absolute atomic E-state index is 0.202. The lowest BCUT2D eigenvalue weighted by molar-refractivity contribution is 0.0262. The Morgan fingerprint density at radius 2 is 2.11 bits per heavy atom. The highest BCUT2D eigenvalue weighted by Gasteiger charge is 2.36. The van der Waals surface area contributed by atoms with Gasteiger partial charge in [0.15, 0.2) is 0 Å². The molecule has 4 heteroatoms. The predicted octanol–water partition coefficient (Wildman–Crippen LogP) is 1.88. The van der Waals surface area contributed by atoms with E-state index in [1.165, 1.54) is 25.7 Å². The maximum absolute atomic E-state index is 6.07. The van der Waals surface area contributed by atoms with Crippen LogP contribution in [0.5, 0.6) is 0 Å². The van der Waals surface area contributed by atoms with E-state index in [4.69, 9.17) is 15.2 Å². The molecule has 0 radical (unpaired) electrons. The molecule has 114 valence electrons. The van der Waals surface area contributed by atoms with Crippen LogP contribution in [0.2, 0.25) is 0 Å². The maximum Gasteiger partial charge on any atom is 0.0593 e.